The minimum atomic E-state index is -0.0284. The summed E-state index contributed by atoms with van der Waals surface area (Å²) in [6, 6.07) is 0. The Kier molecular flexibility index (Phi) is 1.69. The van der Waals surface area contributed by atoms with E-state index in [0.717, 1.165) is 5.92 Å². The average molecular weight is 202 g/mol. The van der Waals surface area contributed by atoms with Crippen LogP contribution in [0.2, 0.25) is 0 Å². The van der Waals surface area contributed by atoms with Gasteiger partial charge in [0.25, 0.3) is 0 Å². The first-order chi connectivity index (χ1) is 5.31. The Bertz CT molecular complexity index is 220. The first kappa shape index (κ1) is 9.26. The summed E-state index contributed by atoms with van der Waals surface area (Å²) in [6.45, 7) is 7.14. The maximum atomic E-state index is 4.72. The van der Waals surface area contributed by atoms with Crippen molar-refractivity contribution in [3.63, 3.8) is 0 Å². The van der Waals surface area contributed by atoms with E-state index in [1.807, 2.05) is 0 Å². The summed E-state index contributed by atoms with van der Waals surface area (Å²) >= 11 is 9.44. The maximum absolute atomic E-state index is 4.72. The molecule has 2 rings (SSSR count). The number of thiol groups is 2. The van der Waals surface area contributed by atoms with E-state index in [-0.39, 0.29) is 4.08 Å². The molecule has 2 aliphatic carbocycles. The Morgan fingerprint density at radius 2 is 1.75 bits per heavy atom. The topological polar surface area (TPSA) is 0 Å². The lowest BCUT2D eigenvalue weighted by atomic mass is 9.70. The van der Waals surface area contributed by atoms with E-state index < -0.39 is 0 Å². The van der Waals surface area contributed by atoms with Crippen molar-refractivity contribution in [2.75, 3.05) is 0 Å². The average Bonchev–Trinajstić information content (AvgIpc) is 2.18. The Balaban J connectivity index is 2.47. The zero-order valence-electron chi connectivity index (χ0n) is 8.09. The van der Waals surface area contributed by atoms with Crippen LogP contribution in [0.1, 0.15) is 40.0 Å². The first-order valence-corrected chi connectivity index (χ1v) is 5.65. The highest BCUT2D eigenvalue weighted by molar-refractivity contribution is 8.00. The zero-order chi connectivity index (χ0) is 9.20. The molecule has 0 N–H and O–H groups in total. The lowest BCUT2D eigenvalue weighted by Gasteiger charge is -2.43. The molecule has 70 valence electrons. The molecule has 0 radical (unpaired) electrons. The third-order valence-electron chi connectivity index (χ3n) is 4.85. The molecule has 2 aliphatic rings. The third kappa shape index (κ3) is 0.790. The van der Waals surface area contributed by atoms with Crippen LogP contribution in [-0.2, 0) is 0 Å². The van der Waals surface area contributed by atoms with Crippen molar-refractivity contribution in [2.45, 2.75) is 44.1 Å². The second-order valence-corrected chi connectivity index (χ2v) is 7.19. The van der Waals surface area contributed by atoms with Crippen LogP contribution in [0.4, 0.5) is 0 Å². The van der Waals surface area contributed by atoms with Gasteiger partial charge >= 0.3 is 0 Å². The minimum absolute atomic E-state index is 0.0284. The van der Waals surface area contributed by atoms with Gasteiger partial charge in [0.05, 0.1) is 4.08 Å². The SMILES string of the molecule is CC1(C)C2CCC1(C)C(S)(S)C2. The molecule has 0 aromatic carbocycles. The quantitative estimate of drug-likeness (QED) is 0.436. The smallest absolute Gasteiger partial charge is 0.0613 e. The van der Waals surface area contributed by atoms with Gasteiger partial charge in [-0.15, -0.1) is 0 Å². The zero-order valence-corrected chi connectivity index (χ0v) is 9.88. The molecule has 0 aromatic rings. The highest BCUT2D eigenvalue weighted by Crippen LogP contribution is 2.72. The Morgan fingerprint density at radius 3 is 1.92 bits per heavy atom. The van der Waals surface area contributed by atoms with Crippen LogP contribution < -0.4 is 0 Å². The van der Waals surface area contributed by atoms with Crippen molar-refractivity contribution < 1.29 is 0 Å². The van der Waals surface area contributed by atoms with Crippen LogP contribution in [0.3, 0.4) is 0 Å². The van der Waals surface area contributed by atoms with Gasteiger partial charge in [-0.05, 0) is 36.0 Å². The van der Waals surface area contributed by atoms with E-state index in [9.17, 15) is 0 Å². The molecule has 2 unspecified atom stereocenters. The van der Waals surface area contributed by atoms with Gasteiger partial charge in [0.2, 0.25) is 0 Å². The largest absolute Gasteiger partial charge is 0.161 e. The summed E-state index contributed by atoms with van der Waals surface area (Å²) in [5.41, 5.74) is 0.771. The van der Waals surface area contributed by atoms with Gasteiger partial charge in [0.1, 0.15) is 0 Å². The summed E-state index contributed by atoms with van der Waals surface area (Å²) < 4.78 is -0.0284. The van der Waals surface area contributed by atoms with Crippen LogP contribution in [0, 0.1) is 16.7 Å². The van der Waals surface area contributed by atoms with Gasteiger partial charge in [-0.1, -0.05) is 20.8 Å². The molecule has 0 saturated heterocycles. The first-order valence-electron chi connectivity index (χ1n) is 4.76. The molecule has 0 heterocycles. The summed E-state index contributed by atoms with van der Waals surface area (Å²) in [4.78, 5) is 0. The van der Waals surface area contributed by atoms with Crippen LogP contribution in [0.5, 0.6) is 0 Å². The van der Waals surface area contributed by atoms with E-state index in [4.69, 9.17) is 25.3 Å². The van der Waals surface area contributed by atoms with Crippen molar-refractivity contribution in [2.24, 2.45) is 16.7 Å². The van der Waals surface area contributed by atoms with Gasteiger partial charge < -0.3 is 0 Å². The van der Waals surface area contributed by atoms with E-state index in [1.165, 1.54) is 19.3 Å². The van der Waals surface area contributed by atoms with E-state index in [1.54, 1.807) is 0 Å². The number of hydrogen-bond acceptors (Lipinski definition) is 2. The number of hydrogen-bond donors (Lipinski definition) is 2. The fourth-order valence-electron chi connectivity index (χ4n) is 3.24. The third-order valence-corrected chi connectivity index (χ3v) is 6.20. The number of fused-ring (bicyclic) bond motifs is 2. The molecule has 12 heavy (non-hydrogen) atoms. The lowest BCUT2D eigenvalue weighted by Crippen LogP contribution is -2.39. The van der Waals surface area contributed by atoms with Gasteiger partial charge in [-0.3, -0.25) is 0 Å². The summed E-state index contributed by atoms with van der Waals surface area (Å²) in [7, 11) is 0. The van der Waals surface area contributed by atoms with Crippen molar-refractivity contribution >= 4 is 25.3 Å². The molecule has 0 aromatic heterocycles. The molecule has 2 fully saturated rings. The summed E-state index contributed by atoms with van der Waals surface area (Å²) in [5.74, 6) is 0.845. The molecule has 0 amide bonds. The Hall–Kier alpha value is 0.700. The van der Waals surface area contributed by atoms with Crippen molar-refractivity contribution in [1.82, 2.24) is 0 Å². The standard InChI is InChI=1S/C10H18S2/c1-8(2)7-4-5-9(8,3)10(11,12)6-7/h7,11-12H,4-6H2,1-3H3. The van der Waals surface area contributed by atoms with Crippen molar-refractivity contribution in [3.8, 4) is 0 Å². The van der Waals surface area contributed by atoms with Gasteiger partial charge in [-0.2, -0.15) is 25.3 Å². The molecule has 0 spiro atoms. The van der Waals surface area contributed by atoms with E-state index in [0.29, 0.717) is 10.8 Å². The molecular weight excluding hydrogens is 184 g/mol. The summed E-state index contributed by atoms with van der Waals surface area (Å²) in [6.07, 6.45) is 3.87. The Labute approximate surface area is 86.3 Å². The van der Waals surface area contributed by atoms with Crippen LogP contribution in [0.15, 0.2) is 0 Å². The van der Waals surface area contributed by atoms with Crippen LogP contribution in [-0.4, -0.2) is 4.08 Å². The van der Waals surface area contributed by atoms with Crippen molar-refractivity contribution in [1.29, 1.82) is 0 Å². The monoisotopic (exact) mass is 202 g/mol. The second kappa shape index (κ2) is 2.20. The van der Waals surface area contributed by atoms with Gasteiger partial charge in [0, 0.05) is 0 Å². The predicted octanol–water partition coefficient (Wildman–Crippen LogP) is 3.39. The van der Waals surface area contributed by atoms with Gasteiger partial charge in [0.15, 0.2) is 0 Å². The molecule has 2 atom stereocenters. The van der Waals surface area contributed by atoms with Crippen LogP contribution in [0.25, 0.3) is 0 Å². The minimum Gasteiger partial charge on any atom is -0.161 e. The molecule has 0 aliphatic heterocycles. The fraction of sp³-hybridized carbons (Fsp3) is 1.00. The molecule has 2 saturated carbocycles. The maximum Gasteiger partial charge on any atom is 0.0613 e. The van der Waals surface area contributed by atoms with Crippen LogP contribution >= 0.6 is 25.3 Å². The van der Waals surface area contributed by atoms with Gasteiger partial charge in [-0.25, -0.2) is 0 Å². The molecule has 0 nitrogen and oxygen atoms in total. The molecule has 2 heteroatoms. The number of rotatable bonds is 0. The van der Waals surface area contributed by atoms with Crippen molar-refractivity contribution in [3.05, 3.63) is 0 Å². The highest BCUT2D eigenvalue weighted by atomic mass is 32.2. The predicted molar refractivity (Wildman–Crippen MR) is 59.9 cm³/mol. The lowest BCUT2D eigenvalue weighted by molar-refractivity contribution is 0.150. The van der Waals surface area contributed by atoms with E-state index >= 15 is 0 Å². The molecular formula is C10H18S2. The summed E-state index contributed by atoms with van der Waals surface area (Å²) in [5, 5.41) is 0. The van der Waals surface area contributed by atoms with E-state index in [2.05, 4.69) is 20.8 Å². The second-order valence-electron chi connectivity index (χ2n) is 5.31. The molecule has 2 bridgehead atoms. The Morgan fingerprint density at radius 1 is 1.17 bits per heavy atom. The highest BCUT2D eigenvalue weighted by Gasteiger charge is 2.66. The fourth-order valence-corrected chi connectivity index (χ4v) is 4.48. The normalized spacial score (nSPS) is 48.2.